The minimum absolute atomic E-state index is 0.169. The average molecular weight is 352 g/mol. The van der Waals surface area contributed by atoms with E-state index in [-0.39, 0.29) is 11.5 Å². The van der Waals surface area contributed by atoms with Gasteiger partial charge in [-0.05, 0) is 49.1 Å². The van der Waals surface area contributed by atoms with Gasteiger partial charge in [-0.2, -0.15) is 0 Å². The molecule has 2 unspecified atom stereocenters. The van der Waals surface area contributed by atoms with Crippen LogP contribution in [0.25, 0.3) is 16.8 Å². The lowest BCUT2D eigenvalue weighted by molar-refractivity contribution is 0.0305. The molecule has 0 spiro atoms. The summed E-state index contributed by atoms with van der Waals surface area (Å²) in [5, 5.41) is 0. The Kier molecular flexibility index (Phi) is 3.43. The lowest BCUT2D eigenvalue weighted by Crippen LogP contribution is -2.42. The molecule has 0 amide bonds. The Morgan fingerprint density at radius 3 is 2.73 bits per heavy atom. The number of benzene rings is 1. The van der Waals surface area contributed by atoms with Crippen LogP contribution in [0.2, 0.25) is 0 Å². The van der Waals surface area contributed by atoms with Gasteiger partial charge in [-0.25, -0.2) is 9.37 Å². The van der Waals surface area contributed by atoms with Gasteiger partial charge >= 0.3 is 0 Å². The minimum Gasteiger partial charge on any atom is -0.396 e. The van der Waals surface area contributed by atoms with Crippen LogP contribution in [0, 0.1) is 12.7 Å². The molecule has 5 nitrogen and oxygen atoms in total. The maximum absolute atomic E-state index is 13.8. The molecule has 2 saturated heterocycles. The zero-order valence-electron chi connectivity index (χ0n) is 14.7. The number of halogens is 1. The first-order chi connectivity index (χ1) is 12.6. The lowest BCUT2D eigenvalue weighted by Gasteiger charge is -2.34. The van der Waals surface area contributed by atoms with E-state index in [0.717, 1.165) is 54.0 Å². The van der Waals surface area contributed by atoms with E-state index in [2.05, 4.69) is 16.0 Å². The number of nitrogen functional groups attached to an aromatic ring is 1. The molecule has 0 saturated carbocycles. The zero-order chi connectivity index (χ0) is 17.8. The third kappa shape index (κ3) is 2.44. The number of pyridine rings is 1. The average Bonchev–Trinajstić information content (AvgIpc) is 3.23. The van der Waals surface area contributed by atoms with Crippen LogP contribution < -0.4 is 10.6 Å². The van der Waals surface area contributed by atoms with Gasteiger partial charge in [0.2, 0.25) is 0 Å². The molecule has 0 aliphatic carbocycles. The second-order valence-electron chi connectivity index (χ2n) is 7.32. The van der Waals surface area contributed by atoms with Gasteiger partial charge in [0.15, 0.2) is 5.65 Å². The van der Waals surface area contributed by atoms with E-state index in [4.69, 9.17) is 10.5 Å². The zero-order valence-corrected chi connectivity index (χ0v) is 14.7. The number of fused-ring (bicyclic) bond motifs is 3. The number of hydrogen-bond donors (Lipinski definition) is 1. The number of ether oxygens (including phenoxy) is 1. The Morgan fingerprint density at radius 1 is 1.19 bits per heavy atom. The maximum Gasteiger partial charge on any atom is 0.160 e. The van der Waals surface area contributed by atoms with E-state index in [9.17, 15) is 4.39 Å². The number of imidazole rings is 1. The van der Waals surface area contributed by atoms with Crippen molar-refractivity contribution in [3.63, 3.8) is 0 Å². The highest BCUT2D eigenvalue weighted by molar-refractivity contribution is 5.79. The van der Waals surface area contributed by atoms with Crippen molar-refractivity contribution < 1.29 is 9.13 Å². The van der Waals surface area contributed by atoms with E-state index in [1.54, 1.807) is 6.07 Å². The fraction of sp³-hybridized carbons (Fsp3) is 0.350. The minimum atomic E-state index is -0.375. The molecule has 0 radical (unpaired) electrons. The van der Waals surface area contributed by atoms with Gasteiger partial charge in [0.1, 0.15) is 5.82 Å². The van der Waals surface area contributed by atoms with Crippen LogP contribution in [0.1, 0.15) is 18.4 Å². The van der Waals surface area contributed by atoms with Crippen LogP contribution in [0.15, 0.2) is 36.8 Å². The van der Waals surface area contributed by atoms with Crippen LogP contribution in [0.3, 0.4) is 0 Å². The third-order valence-electron chi connectivity index (χ3n) is 5.51. The van der Waals surface area contributed by atoms with Gasteiger partial charge in [-0.3, -0.25) is 0 Å². The predicted molar refractivity (Wildman–Crippen MR) is 99.8 cm³/mol. The Balaban J connectivity index is 1.65. The van der Waals surface area contributed by atoms with Crippen molar-refractivity contribution >= 4 is 17.0 Å². The van der Waals surface area contributed by atoms with Gasteiger partial charge in [-0.1, -0.05) is 0 Å². The first kappa shape index (κ1) is 15.6. The molecule has 2 aliphatic rings. The Labute approximate surface area is 151 Å². The van der Waals surface area contributed by atoms with E-state index in [0.29, 0.717) is 12.2 Å². The Morgan fingerprint density at radius 2 is 1.96 bits per heavy atom. The Bertz CT molecular complexity index is 987. The summed E-state index contributed by atoms with van der Waals surface area (Å²) >= 11 is 0. The fourth-order valence-corrected chi connectivity index (χ4v) is 4.21. The van der Waals surface area contributed by atoms with Crippen LogP contribution >= 0.6 is 0 Å². The van der Waals surface area contributed by atoms with E-state index in [1.165, 1.54) is 6.07 Å². The number of nitrogens with zero attached hydrogens (tertiary/aromatic N) is 3. The normalized spacial score (nSPS) is 22.3. The van der Waals surface area contributed by atoms with Gasteiger partial charge in [0.25, 0.3) is 0 Å². The summed E-state index contributed by atoms with van der Waals surface area (Å²) in [6.07, 6.45) is 8.63. The van der Waals surface area contributed by atoms with Gasteiger partial charge < -0.3 is 19.8 Å². The van der Waals surface area contributed by atoms with Crippen LogP contribution in [-0.4, -0.2) is 34.7 Å². The number of morpholine rings is 1. The van der Waals surface area contributed by atoms with Crippen LogP contribution in [0.5, 0.6) is 0 Å². The molecule has 6 heteroatoms. The summed E-state index contributed by atoms with van der Waals surface area (Å²) in [4.78, 5) is 6.92. The summed E-state index contributed by atoms with van der Waals surface area (Å²) in [6, 6.07) is 5.36. The molecule has 2 fully saturated rings. The molecule has 2 aliphatic heterocycles. The second kappa shape index (κ2) is 5.71. The number of hydrogen-bond acceptors (Lipinski definition) is 4. The number of aryl methyl sites for hydroxylation is 1. The summed E-state index contributed by atoms with van der Waals surface area (Å²) < 4.78 is 21.8. The summed E-state index contributed by atoms with van der Waals surface area (Å²) in [5.74, 6) is -0.375. The van der Waals surface area contributed by atoms with Crippen molar-refractivity contribution in [1.82, 2.24) is 9.38 Å². The number of rotatable bonds is 2. The molecule has 3 aromatic rings. The highest BCUT2D eigenvalue weighted by Gasteiger charge is 2.34. The van der Waals surface area contributed by atoms with Crippen LogP contribution in [-0.2, 0) is 4.74 Å². The molecule has 134 valence electrons. The van der Waals surface area contributed by atoms with Crippen molar-refractivity contribution in [3.8, 4) is 11.1 Å². The molecule has 2 aromatic heterocycles. The smallest absolute Gasteiger partial charge is 0.160 e. The molecule has 1 aromatic carbocycles. The monoisotopic (exact) mass is 352 g/mol. The maximum atomic E-state index is 13.8. The number of anilines is 2. The van der Waals surface area contributed by atoms with Crippen molar-refractivity contribution in [2.75, 3.05) is 23.7 Å². The quantitative estimate of drug-likeness (QED) is 0.718. The van der Waals surface area contributed by atoms with Gasteiger partial charge in [0.05, 0.1) is 23.6 Å². The third-order valence-corrected chi connectivity index (χ3v) is 5.51. The van der Waals surface area contributed by atoms with Crippen LogP contribution in [0.4, 0.5) is 15.8 Å². The van der Waals surface area contributed by atoms with Crippen molar-refractivity contribution in [2.24, 2.45) is 0 Å². The SMILES string of the molecule is Cc1cc(F)c(N)cc1-c1cc(N2CC3CCC(C2)O3)c2nccn2c1. The van der Waals surface area contributed by atoms with E-state index in [1.807, 2.05) is 29.9 Å². The topological polar surface area (TPSA) is 55.8 Å². The van der Waals surface area contributed by atoms with E-state index < -0.39 is 0 Å². The first-order valence-electron chi connectivity index (χ1n) is 9.01. The molecular formula is C20H21FN4O. The number of nitrogens with two attached hydrogens (primary N) is 1. The lowest BCUT2D eigenvalue weighted by atomic mass is 10.0. The molecular weight excluding hydrogens is 331 g/mol. The highest BCUT2D eigenvalue weighted by Crippen LogP contribution is 2.35. The summed E-state index contributed by atoms with van der Waals surface area (Å²) in [7, 11) is 0. The highest BCUT2D eigenvalue weighted by atomic mass is 19.1. The Hall–Kier alpha value is -2.60. The van der Waals surface area contributed by atoms with Crippen molar-refractivity contribution in [3.05, 3.63) is 48.2 Å². The summed E-state index contributed by atoms with van der Waals surface area (Å²) in [5.41, 5.74) is 10.8. The van der Waals surface area contributed by atoms with Gasteiger partial charge in [-0.15, -0.1) is 0 Å². The molecule has 2 N–H and O–H groups in total. The molecule has 2 bridgehead atoms. The first-order valence-corrected chi connectivity index (χ1v) is 9.01. The molecule has 5 rings (SSSR count). The molecule has 26 heavy (non-hydrogen) atoms. The van der Waals surface area contributed by atoms with Crippen molar-refractivity contribution in [1.29, 1.82) is 0 Å². The predicted octanol–water partition coefficient (Wildman–Crippen LogP) is 3.40. The van der Waals surface area contributed by atoms with Gasteiger partial charge in [0, 0.05) is 37.2 Å². The standard InChI is InChI=1S/C20H21FN4O/c1-12-6-17(21)18(22)8-16(12)13-7-19(20-23-4-5-24(20)9-13)25-10-14-2-3-15(11-25)26-14/h4-9,14-15H,2-3,10-11,22H2,1H3. The van der Waals surface area contributed by atoms with E-state index >= 15 is 0 Å². The second-order valence-corrected chi connectivity index (χ2v) is 7.32. The van der Waals surface area contributed by atoms with Crippen molar-refractivity contribution in [2.45, 2.75) is 32.0 Å². The molecule has 2 atom stereocenters. The summed E-state index contributed by atoms with van der Waals surface area (Å²) in [6.45, 7) is 3.67. The number of aromatic nitrogens is 2. The molecule has 4 heterocycles. The fourth-order valence-electron chi connectivity index (χ4n) is 4.21. The largest absolute Gasteiger partial charge is 0.396 e.